The molecule has 1 unspecified atom stereocenters. The fourth-order valence-electron chi connectivity index (χ4n) is 1.90. The van der Waals surface area contributed by atoms with E-state index in [0.29, 0.717) is 16.3 Å². The third-order valence-corrected chi connectivity index (χ3v) is 3.07. The van der Waals surface area contributed by atoms with Crippen molar-refractivity contribution in [2.75, 3.05) is 7.05 Å². The quantitative estimate of drug-likeness (QED) is 0.930. The molecule has 96 valence electrons. The Hall–Kier alpha value is -1.46. The molecule has 1 atom stereocenters. The first-order chi connectivity index (χ1) is 8.54. The first-order valence-electron chi connectivity index (χ1n) is 5.34. The summed E-state index contributed by atoms with van der Waals surface area (Å²) in [5.41, 5.74) is 1.28. The summed E-state index contributed by atoms with van der Waals surface area (Å²) in [7, 11) is 3.46. The lowest BCUT2D eigenvalue weighted by Gasteiger charge is -2.17. The molecule has 1 aromatic carbocycles. The van der Waals surface area contributed by atoms with Gasteiger partial charge in [-0.1, -0.05) is 17.7 Å². The molecule has 2 rings (SSSR count). The fraction of sp³-hybridized carbons (Fsp3) is 0.250. The van der Waals surface area contributed by atoms with E-state index in [0.717, 1.165) is 12.1 Å². The van der Waals surface area contributed by atoms with Crippen LogP contribution in [0.15, 0.2) is 24.4 Å². The predicted molar refractivity (Wildman–Crippen MR) is 65.5 cm³/mol. The second-order valence-corrected chi connectivity index (χ2v) is 4.30. The Morgan fingerprint density at radius 3 is 2.56 bits per heavy atom. The average Bonchev–Trinajstić information content (AvgIpc) is 2.66. The molecule has 0 fully saturated rings. The lowest BCUT2D eigenvalue weighted by atomic mass is 10.0. The predicted octanol–water partition coefficient (Wildman–Crippen LogP) is 2.66. The molecule has 2 aromatic rings. The van der Waals surface area contributed by atoms with Crippen molar-refractivity contribution in [1.82, 2.24) is 15.1 Å². The number of hydrogen-bond acceptors (Lipinski definition) is 2. The molecule has 18 heavy (non-hydrogen) atoms. The number of nitrogens with one attached hydrogen (secondary N) is 1. The fourth-order valence-corrected chi connectivity index (χ4v) is 2.17. The molecular weight excluding hydrogens is 260 g/mol. The van der Waals surface area contributed by atoms with E-state index in [1.54, 1.807) is 18.8 Å². The van der Waals surface area contributed by atoms with Gasteiger partial charge in [0, 0.05) is 7.05 Å². The summed E-state index contributed by atoms with van der Waals surface area (Å²) in [6, 6.07) is 3.42. The second-order valence-electron chi connectivity index (χ2n) is 3.90. The Morgan fingerprint density at radius 1 is 1.33 bits per heavy atom. The van der Waals surface area contributed by atoms with E-state index >= 15 is 0 Å². The molecule has 0 aliphatic rings. The lowest BCUT2D eigenvalue weighted by molar-refractivity contribution is 0.503. The first kappa shape index (κ1) is 13.0. The van der Waals surface area contributed by atoms with E-state index in [9.17, 15) is 8.78 Å². The van der Waals surface area contributed by atoms with Crippen LogP contribution in [0.2, 0.25) is 5.02 Å². The summed E-state index contributed by atoms with van der Waals surface area (Å²) >= 11 is 6.05. The number of aryl methyl sites for hydroxylation is 1. The van der Waals surface area contributed by atoms with Crippen LogP contribution in [0.4, 0.5) is 8.78 Å². The van der Waals surface area contributed by atoms with Crippen molar-refractivity contribution in [1.29, 1.82) is 0 Å². The van der Waals surface area contributed by atoms with E-state index in [-0.39, 0.29) is 6.04 Å². The third-order valence-electron chi connectivity index (χ3n) is 2.78. The number of halogens is 3. The molecule has 0 aliphatic heterocycles. The van der Waals surface area contributed by atoms with Gasteiger partial charge >= 0.3 is 0 Å². The van der Waals surface area contributed by atoms with Gasteiger partial charge in [-0.15, -0.1) is 0 Å². The van der Waals surface area contributed by atoms with Gasteiger partial charge in [0.1, 0.15) is 0 Å². The molecule has 0 spiro atoms. The molecule has 0 radical (unpaired) electrons. The van der Waals surface area contributed by atoms with Gasteiger partial charge in [-0.2, -0.15) is 5.10 Å². The zero-order valence-corrected chi connectivity index (χ0v) is 10.7. The van der Waals surface area contributed by atoms with Crippen LogP contribution in [0, 0.1) is 11.6 Å². The topological polar surface area (TPSA) is 29.9 Å². The molecule has 0 amide bonds. The molecule has 0 aliphatic carbocycles. The highest BCUT2D eigenvalue weighted by Gasteiger charge is 2.20. The van der Waals surface area contributed by atoms with E-state index in [2.05, 4.69) is 10.4 Å². The van der Waals surface area contributed by atoms with Crippen LogP contribution in [0.5, 0.6) is 0 Å². The van der Waals surface area contributed by atoms with Crippen LogP contribution in [0.3, 0.4) is 0 Å². The third kappa shape index (κ3) is 2.23. The molecule has 6 heteroatoms. The molecule has 0 saturated carbocycles. The van der Waals surface area contributed by atoms with Gasteiger partial charge in [-0.05, 0) is 24.7 Å². The summed E-state index contributed by atoms with van der Waals surface area (Å²) in [6.45, 7) is 0. The normalized spacial score (nSPS) is 12.7. The van der Waals surface area contributed by atoms with Crippen LogP contribution in [-0.2, 0) is 7.05 Å². The number of benzene rings is 1. The van der Waals surface area contributed by atoms with Crippen LogP contribution < -0.4 is 5.32 Å². The van der Waals surface area contributed by atoms with E-state index < -0.39 is 11.6 Å². The Morgan fingerprint density at radius 2 is 2.06 bits per heavy atom. The average molecular weight is 272 g/mol. The number of nitrogens with zero attached hydrogens (tertiary/aromatic N) is 2. The zero-order valence-electron chi connectivity index (χ0n) is 9.92. The van der Waals surface area contributed by atoms with Crippen molar-refractivity contribution < 1.29 is 8.78 Å². The Bertz CT molecular complexity index is 549. The first-order valence-corrected chi connectivity index (χ1v) is 5.72. The standard InChI is InChI=1S/C12H12ClF2N3/c1-16-11(12-8(13)6-17-18(12)2)7-3-4-9(14)10(15)5-7/h3-6,11,16H,1-2H3. The summed E-state index contributed by atoms with van der Waals surface area (Å²) in [6.07, 6.45) is 1.51. The van der Waals surface area contributed by atoms with Crippen molar-refractivity contribution in [3.05, 3.63) is 52.3 Å². The molecular formula is C12H12ClF2N3. The summed E-state index contributed by atoms with van der Waals surface area (Å²) in [5.74, 6) is -1.75. The molecule has 1 N–H and O–H groups in total. The maximum atomic E-state index is 13.3. The Balaban J connectivity index is 2.48. The number of hydrogen-bond donors (Lipinski definition) is 1. The van der Waals surface area contributed by atoms with Crippen molar-refractivity contribution in [3.63, 3.8) is 0 Å². The largest absolute Gasteiger partial charge is 0.308 e. The van der Waals surface area contributed by atoms with Gasteiger partial charge in [0.05, 0.1) is 23.0 Å². The Kier molecular flexibility index (Phi) is 3.63. The van der Waals surface area contributed by atoms with Crippen molar-refractivity contribution in [2.24, 2.45) is 7.05 Å². The Labute approximate surface area is 108 Å². The monoisotopic (exact) mass is 271 g/mol. The van der Waals surface area contributed by atoms with Gasteiger partial charge in [0.15, 0.2) is 11.6 Å². The summed E-state index contributed by atoms with van der Waals surface area (Å²) in [5, 5.41) is 7.52. The lowest BCUT2D eigenvalue weighted by Crippen LogP contribution is -2.21. The van der Waals surface area contributed by atoms with Gasteiger partial charge < -0.3 is 5.32 Å². The minimum Gasteiger partial charge on any atom is -0.308 e. The van der Waals surface area contributed by atoms with Gasteiger partial charge in [-0.3, -0.25) is 4.68 Å². The van der Waals surface area contributed by atoms with E-state index in [1.807, 2.05) is 0 Å². The van der Waals surface area contributed by atoms with E-state index in [4.69, 9.17) is 11.6 Å². The van der Waals surface area contributed by atoms with Crippen LogP contribution in [-0.4, -0.2) is 16.8 Å². The van der Waals surface area contributed by atoms with Crippen LogP contribution in [0.25, 0.3) is 0 Å². The van der Waals surface area contributed by atoms with Crippen molar-refractivity contribution in [3.8, 4) is 0 Å². The molecule has 1 aromatic heterocycles. The number of aromatic nitrogens is 2. The van der Waals surface area contributed by atoms with E-state index in [1.165, 1.54) is 12.3 Å². The van der Waals surface area contributed by atoms with Gasteiger partial charge in [-0.25, -0.2) is 8.78 Å². The molecule has 0 saturated heterocycles. The highest BCUT2D eigenvalue weighted by Crippen LogP contribution is 2.28. The molecule has 0 bridgehead atoms. The van der Waals surface area contributed by atoms with Gasteiger partial charge in [0.25, 0.3) is 0 Å². The minimum atomic E-state index is -0.883. The maximum absolute atomic E-state index is 13.3. The second kappa shape index (κ2) is 5.04. The van der Waals surface area contributed by atoms with Crippen molar-refractivity contribution >= 4 is 11.6 Å². The zero-order chi connectivity index (χ0) is 13.3. The highest BCUT2D eigenvalue weighted by atomic mass is 35.5. The maximum Gasteiger partial charge on any atom is 0.159 e. The summed E-state index contributed by atoms with van der Waals surface area (Å²) < 4.78 is 27.8. The van der Waals surface area contributed by atoms with Crippen LogP contribution >= 0.6 is 11.6 Å². The molecule has 1 heterocycles. The van der Waals surface area contributed by atoms with Crippen molar-refractivity contribution in [2.45, 2.75) is 6.04 Å². The molecule has 3 nitrogen and oxygen atoms in total. The smallest absolute Gasteiger partial charge is 0.159 e. The highest BCUT2D eigenvalue weighted by molar-refractivity contribution is 6.31. The van der Waals surface area contributed by atoms with Crippen LogP contribution in [0.1, 0.15) is 17.3 Å². The minimum absolute atomic E-state index is 0.347. The summed E-state index contributed by atoms with van der Waals surface area (Å²) in [4.78, 5) is 0. The van der Waals surface area contributed by atoms with Gasteiger partial charge in [0.2, 0.25) is 0 Å². The SMILES string of the molecule is CNC(c1ccc(F)c(F)c1)c1c(Cl)cnn1C. The number of rotatable bonds is 3.